The zero-order valence-corrected chi connectivity index (χ0v) is 11.0. The van der Waals surface area contributed by atoms with E-state index in [-0.39, 0.29) is 13.2 Å². The number of rotatable bonds is 6. The van der Waals surface area contributed by atoms with E-state index in [9.17, 15) is 0 Å². The highest BCUT2D eigenvalue weighted by Gasteiger charge is 1.93. The van der Waals surface area contributed by atoms with Crippen LogP contribution in [0.1, 0.15) is 27.7 Å². The minimum absolute atomic E-state index is 0.365. The summed E-state index contributed by atoms with van der Waals surface area (Å²) in [5.74, 6) is 0. The lowest BCUT2D eigenvalue weighted by molar-refractivity contribution is 0.0450. The van der Waals surface area contributed by atoms with E-state index in [1.807, 2.05) is 27.7 Å². The summed E-state index contributed by atoms with van der Waals surface area (Å²) in [4.78, 5) is 0. The van der Waals surface area contributed by atoms with Crippen LogP contribution in [0.15, 0.2) is 0 Å². The fraction of sp³-hybridized carbons (Fsp3) is 1.00. The molecule has 0 heterocycles. The quantitative estimate of drug-likeness (QED) is 0.627. The Hall–Kier alpha value is -0.200. The molecule has 0 aliphatic heterocycles. The number of hydrogen-bond acceptors (Lipinski definition) is 5. The molecule has 0 amide bonds. The Morgan fingerprint density at radius 3 is 1.00 bits per heavy atom. The normalized spacial score (nSPS) is 9.00. The van der Waals surface area contributed by atoms with Crippen molar-refractivity contribution in [1.29, 1.82) is 0 Å². The molecule has 0 aromatic carbocycles. The second-order valence-electron chi connectivity index (χ2n) is 2.58. The van der Waals surface area contributed by atoms with Crippen molar-refractivity contribution in [3.05, 3.63) is 0 Å². The zero-order chi connectivity index (χ0) is 13.2. The molecule has 0 saturated carbocycles. The summed E-state index contributed by atoms with van der Waals surface area (Å²) in [6.07, 6.45) is -0.954. The fourth-order valence-electron chi connectivity index (χ4n) is 0.466. The average Bonchev–Trinajstić information content (AvgIpc) is 2.32. The summed E-state index contributed by atoms with van der Waals surface area (Å²) in [7, 11) is 0. The lowest BCUT2D eigenvalue weighted by Crippen LogP contribution is -2.15. The van der Waals surface area contributed by atoms with Gasteiger partial charge in [-0.15, -0.1) is 0 Å². The lowest BCUT2D eigenvalue weighted by Gasteiger charge is -1.96. The molecule has 0 saturated heterocycles. The van der Waals surface area contributed by atoms with Gasteiger partial charge in [0, 0.05) is 26.4 Å². The van der Waals surface area contributed by atoms with Crippen molar-refractivity contribution in [3.63, 3.8) is 0 Å². The summed E-state index contributed by atoms with van der Waals surface area (Å²) < 4.78 is 9.67. The SMILES string of the molecule is CCOCC.CCOCC.OCC(O)CO. The van der Waals surface area contributed by atoms with Gasteiger partial charge < -0.3 is 24.8 Å². The van der Waals surface area contributed by atoms with Crippen LogP contribution in [0.5, 0.6) is 0 Å². The summed E-state index contributed by atoms with van der Waals surface area (Å²) in [6, 6.07) is 0. The third-order valence-electron chi connectivity index (χ3n) is 1.24. The van der Waals surface area contributed by atoms with Crippen LogP contribution < -0.4 is 0 Å². The van der Waals surface area contributed by atoms with Crippen LogP contribution >= 0.6 is 0 Å². The van der Waals surface area contributed by atoms with Crippen LogP contribution in [0, 0.1) is 0 Å². The van der Waals surface area contributed by atoms with Gasteiger partial charge in [-0.1, -0.05) is 0 Å². The molecule has 5 nitrogen and oxygen atoms in total. The van der Waals surface area contributed by atoms with Crippen molar-refractivity contribution in [2.24, 2.45) is 0 Å². The Balaban J connectivity index is -0.000000160. The van der Waals surface area contributed by atoms with Gasteiger partial charge in [0.05, 0.1) is 13.2 Å². The second-order valence-corrected chi connectivity index (χ2v) is 2.58. The third kappa shape index (κ3) is 37.2. The van der Waals surface area contributed by atoms with Gasteiger partial charge in [-0.05, 0) is 27.7 Å². The van der Waals surface area contributed by atoms with E-state index in [2.05, 4.69) is 0 Å². The van der Waals surface area contributed by atoms with Gasteiger partial charge in [0.1, 0.15) is 6.10 Å². The lowest BCUT2D eigenvalue weighted by atomic mass is 10.4. The Bertz CT molecular complexity index is 76.4. The Morgan fingerprint density at radius 2 is 1.00 bits per heavy atom. The van der Waals surface area contributed by atoms with Gasteiger partial charge in [0.15, 0.2) is 0 Å². The molecule has 0 aromatic rings. The van der Waals surface area contributed by atoms with Crippen molar-refractivity contribution >= 4 is 0 Å². The van der Waals surface area contributed by atoms with Crippen LogP contribution in [-0.2, 0) is 9.47 Å². The predicted octanol–water partition coefficient (Wildman–Crippen LogP) is 0.418. The smallest absolute Gasteiger partial charge is 0.100 e. The molecule has 0 radical (unpaired) electrons. The highest BCUT2D eigenvalue weighted by molar-refractivity contribution is 4.44. The first-order valence-corrected chi connectivity index (χ1v) is 5.69. The fourth-order valence-corrected chi connectivity index (χ4v) is 0.466. The first kappa shape index (κ1) is 21.1. The van der Waals surface area contributed by atoms with Crippen molar-refractivity contribution in [2.45, 2.75) is 33.8 Å². The first-order chi connectivity index (χ1) is 7.64. The van der Waals surface area contributed by atoms with Crippen LogP contribution in [0.3, 0.4) is 0 Å². The molecule has 5 heteroatoms. The molecule has 0 atom stereocenters. The van der Waals surface area contributed by atoms with Crippen LogP contribution in [-0.4, -0.2) is 61.1 Å². The van der Waals surface area contributed by atoms with Crippen molar-refractivity contribution in [3.8, 4) is 0 Å². The molecule has 0 unspecified atom stereocenters. The standard InChI is InChI=1S/2C4H10O.C3H8O3/c2*1-3-5-4-2;4-1-3(6)2-5/h2*3-4H2,1-2H3;3-6H,1-2H2. The van der Waals surface area contributed by atoms with Gasteiger partial charge in [-0.3, -0.25) is 0 Å². The molecule has 16 heavy (non-hydrogen) atoms. The summed E-state index contributed by atoms with van der Waals surface area (Å²) >= 11 is 0. The minimum atomic E-state index is -0.954. The summed E-state index contributed by atoms with van der Waals surface area (Å²) in [5, 5.41) is 24.0. The van der Waals surface area contributed by atoms with Crippen LogP contribution in [0.25, 0.3) is 0 Å². The highest BCUT2D eigenvalue weighted by atomic mass is 16.5. The molecule has 0 aromatic heterocycles. The molecule has 102 valence electrons. The maximum atomic E-state index is 8.17. The largest absolute Gasteiger partial charge is 0.394 e. The van der Waals surface area contributed by atoms with Crippen LogP contribution in [0.2, 0.25) is 0 Å². The Labute approximate surface area is 99.0 Å². The third-order valence-corrected chi connectivity index (χ3v) is 1.24. The number of aliphatic hydroxyl groups is 3. The van der Waals surface area contributed by atoms with E-state index in [1.165, 1.54) is 0 Å². The first-order valence-electron chi connectivity index (χ1n) is 5.69. The van der Waals surface area contributed by atoms with Gasteiger partial charge in [0.2, 0.25) is 0 Å². The van der Waals surface area contributed by atoms with Gasteiger partial charge in [0.25, 0.3) is 0 Å². The molecule has 0 rings (SSSR count). The van der Waals surface area contributed by atoms with E-state index in [1.54, 1.807) is 0 Å². The average molecular weight is 240 g/mol. The summed E-state index contributed by atoms with van der Waals surface area (Å²) in [5.41, 5.74) is 0. The maximum Gasteiger partial charge on any atom is 0.100 e. The van der Waals surface area contributed by atoms with E-state index in [0.717, 1.165) is 26.4 Å². The Morgan fingerprint density at radius 1 is 0.750 bits per heavy atom. The van der Waals surface area contributed by atoms with E-state index in [0.29, 0.717) is 0 Å². The molecular weight excluding hydrogens is 212 g/mol. The molecule has 0 fully saturated rings. The minimum Gasteiger partial charge on any atom is -0.394 e. The number of ether oxygens (including phenoxy) is 2. The molecule has 0 aliphatic carbocycles. The number of aliphatic hydroxyl groups excluding tert-OH is 3. The molecule has 0 aliphatic rings. The van der Waals surface area contributed by atoms with Gasteiger partial charge in [-0.25, -0.2) is 0 Å². The number of hydrogen-bond donors (Lipinski definition) is 3. The van der Waals surface area contributed by atoms with E-state index < -0.39 is 6.10 Å². The topological polar surface area (TPSA) is 79.2 Å². The second kappa shape index (κ2) is 24.2. The van der Waals surface area contributed by atoms with E-state index >= 15 is 0 Å². The molecule has 0 bridgehead atoms. The monoisotopic (exact) mass is 240 g/mol. The van der Waals surface area contributed by atoms with Gasteiger partial charge >= 0.3 is 0 Å². The Kier molecular flexibility index (Phi) is 31.9. The molecule has 0 spiro atoms. The zero-order valence-electron chi connectivity index (χ0n) is 11.0. The van der Waals surface area contributed by atoms with Crippen molar-refractivity contribution < 1.29 is 24.8 Å². The van der Waals surface area contributed by atoms with Crippen molar-refractivity contribution in [1.82, 2.24) is 0 Å². The van der Waals surface area contributed by atoms with Crippen LogP contribution in [0.4, 0.5) is 0 Å². The molecule has 3 N–H and O–H groups in total. The summed E-state index contributed by atoms with van der Waals surface area (Å²) in [6.45, 7) is 10.6. The highest BCUT2D eigenvalue weighted by Crippen LogP contribution is 1.71. The maximum absolute atomic E-state index is 8.17. The van der Waals surface area contributed by atoms with Gasteiger partial charge in [-0.2, -0.15) is 0 Å². The molecular formula is C11H28O5. The van der Waals surface area contributed by atoms with E-state index in [4.69, 9.17) is 24.8 Å². The van der Waals surface area contributed by atoms with Crippen molar-refractivity contribution in [2.75, 3.05) is 39.6 Å². The predicted molar refractivity (Wildman–Crippen MR) is 64.5 cm³/mol.